The van der Waals surface area contributed by atoms with Crippen LogP contribution in [-0.4, -0.2) is 62.9 Å². The van der Waals surface area contributed by atoms with Crippen molar-refractivity contribution < 1.29 is 9.53 Å². The maximum Gasteiger partial charge on any atom is 0.228 e. The van der Waals surface area contributed by atoms with E-state index >= 15 is 0 Å². The summed E-state index contributed by atoms with van der Waals surface area (Å²) in [4.78, 5) is 24.3. The number of aromatic nitrogens is 4. The second-order valence-electron chi connectivity index (χ2n) is 7.85. The van der Waals surface area contributed by atoms with E-state index in [0.717, 1.165) is 61.3 Å². The number of aryl methyl sites for hydroxylation is 1. The molecule has 0 spiro atoms. The quantitative estimate of drug-likeness (QED) is 0.732. The molecule has 2 saturated heterocycles. The Morgan fingerprint density at radius 1 is 1.21 bits per heavy atom. The van der Waals surface area contributed by atoms with E-state index in [1.807, 2.05) is 31.4 Å². The number of carbonyl (C=O) groups excluding carboxylic acids is 1. The number of rotatable bonds is 4. The molecule has 2 aliphatic heterocycles. The molecule has 2 aliphatic rings. The van der Waals surface area contributed by atoms with Gasteiger partial charge < -0.3 is 10.1 Å². The predicted molar refractivity (Wildman–Crippen MR) is 109 cm³/mol. The van der Waals surface area contributed by atoms with Crippen molar-refractivity contribution in [3.8, 4) is 11.3 Å². The van der Waals surface area contributed by atoms with Gasteiger partial charge in [-0.15, -0.1) is 0 Å². The number of nitrogens with zero attached hydrogens (tertiary/aromatic N) is 5. The summed E-state index contributed by atoms with van der Waals surface area (Å²) in [6.07, 6.45) is 7.23. The van der Waals surface area contributed by atoms with Crippen LogP contribution in [0.2, 0.25) is 0 Å². The summed E-state index contributed by atoms with van der Waals surface area (Å²) in [6, 6.07) is 6.33. The number of piperidine rings is 1. The van der Waals surface area contributed by atoms with Crippen LogP contribution in [0.3, 0.4) is 0 Å². The van der Waals surface area contributed by atoms with Crippen LogP contribution in [0.25, 0.3) is 22.2 Å². The third kappa shape index (κ3) is 3.73. The van der Waals surface area contributed by atoms with Crippen LogP contribution < -0.4 is 5.32 Å². The number of fused-ring (bicyclic) bond motifs is 1. The smallest absolute Gasteiger partial charge is 0.228 e. The molecule has 0 bridgehead atoms. The Labute approximate surface area is 168 Å². The lowest BCUT2D eigenvalue weighted by molar-refractivity contribution is -0.123. The van der Waals surface area contributed by atoms with Crippen molar-refractivity contribution >= 4 is 22.6 Å². The number of pyridine rings is 2. The van der Waals surface area contributed by atoms with Crippen LogP contribution in [0.5, 0.6) is 0 Å². The first-order valence-corrected chi connectivity index (χ1v) is 10.0. The minimum absolute atomic E-state index is 0.0272. The monoisotopic (exact) mass is 392 g/mol. The molecule has 2 fully saturated rings. The molecular formula is C21H24N6O2. The number of anilines is 1. The van der Waals surface area contributed by atoms with Gasteiger partial charge in [0, 0.05) is 42.4 Å². The first-order valence-electron chi connectivity index (χ1n) is 10.0. The van der Waals surface area contributed by atoms with Crippen molar-refractivity contribution in [3.63, 3.8) is 0 Å². The molecule has 0 aliphatic carbocycles. The molecule has 8 heteroatoms. The molecule has 8 nitrogen and oxygen atoms in total. The Bertz CT molecular complexity index is 1040. The lowest BCUT2D eigenvalue weighted by Gasteiger charge is -2.41. The van der Waals surface area contributed by atoms with Gasteiger partial charge in [-0.25, -0.2) is 9.97 Å². The average molecular weight is 392 g/mol. The maximum absolute atomic E-state index is 12.7. The minimum Gasteiger partial charge on any atom is -0.378 e. The van der Waals surface area contributed by atoms with Crippen molar-refractivity contribution in [1.29, 1.82) is 0 Å². The van der Waals surface area contributed by atoms with Crippen LogP contribution in [-0.2, 0) is 16.6 Å². The Morgan fingerprint density at radius 3 is 2.72 bits per heavy atom. The molecule has 5 rings (SSSR count). The van der Waals surface area contributed by atoms with E-state index in [1.165, 1.54) is 0 Å². The minimum atomic E-state index is 0.0272. The van der Waals surface area contributed by atoms with Crippen LogP contribution in [0.15, 0.2) is 36.8 Å². The van der Waals surface area contributed by atoms with E-state index in [1.54, 1.807) is 17.1 Å². The predicted octanol–water partition coefficient (Wildman–Crippen LogP) is 2.08. The van der Waals surface area contributed by atoms with Crippen LogP contribution in [0.4, 0.5) is 5.82 Å². The van der Waals surface area contributed by atoms with E-state index in [9.17, 15) is 4.79 Å². The summed E-state index contributed by atoms with van der Waals surface area (Å²) < 4.78 is 7.03. The highest BCUT2D eigenvalue weighted by Gasteiger charge is 2.32. The van der Waals surface area contributed by atoms with Gasteiger partial charge in [0.2, 0.25) is 5.91 Å². The van der Waals surface area contributed by atoms with Crippen molar-refractivity contribution in [1.82, 2.24) is 24.6 Å². The molecule has 0 saturated carbocycles. The summed E-state index contributed by atoms with van der Waals surface area (Å²) in [5, 5.41) is 8.13. The second-order valence-corrected chi connectivity index (χ2v) is 7.85. The number of amides is 1. The first-order chi connectivity index (χ1) is 14.2. The van der Waals surface area contributed by atoms with Gasteiger partial charge in [0.1, 0.15) is 5.82 Å². The Morgan fingerprint density at radius 2 is 2.03 bits per heavy atom. The zero-order chi connectivity index (χ0) is 19.8. The zero-order valence-corrected chi connectivity index (χ0v) is 16.4. The number of ether oxygens (including phenoxy) is 1. The average Bonchev–Trinajstić information content (AvgIpc) is 3.13. The Balaban J connectivity index is 1.28. The standard InChI is InChI=1S/C21H24N6O2/c1-26-11-16(10-23-26)18-3-2-15-9-22-20(8-19(15)24-18)25-21(28)14-4-6-27(7-5-14)17-12-29-13-17/h2-3,8-11,14,17H,4-7,12-13H2,1H3,(H,22,25,28). The van der Waals surface area contributed by atoms with Gasteiger partial charge in [-0.1, -0.05) is 0 Å². The molecular weight excluding hydrogens is 368 g/mol. The van der Waals surface area contributed by atoms with Crippen molar-refractivity contribution in [3.05, 3.63) is 36.8 Å². The van der Waals surface area contributed by atoms with Gasteiger partial charge in [0.05, 0.1) is 36.7 Å². The third-order valence-corrected chi connectivity index (χ3v) is 5.86. The highest BCUT2D eigenvalue weighted by atomic mass is 16.5. The molecule has 5 heterocycles. The molecule has 0 aromatic carbocycles. The topological polar surface area (TPSA) is 85.2 Å². The van der Waals surface area contributed by atoms with Gasteiger partial charge >= 0.3 is 0 Å². The van der Waals surface area contributed by atoms with Gasteiger partial charge in [-0.05, 0) is 38.1 Å². The van der Waals surface area contributed by atoms with Gasteiger partial charge in [0.15, 0.2) is 0 Å². The number of nitrogens with one attached hydrogen (secondary N) is 1. The fourth-order valence-corrected chi connectivity index (χ4v) is 3.99. The Kier molecular flexibility index (Phi) is 4.73. The maximum atomic E-state index is 12.7. The summed E-state index contributed by atoms with van der Waals surface area (Å²) in [5.41, 5.74) is 2.61. The molecule has 3 aromatic rings. The summed E-state index contributed by atoms with van der Waals surface area (Å²) in [6.45, 7) is 3.55. The molecule has 0 atom stereocenters. The van der Waals surface area contributed by atoms with Gasteiger partial charge in [-0.3, -0.25) is 14.4 Å². The molecule has 0 unspecified atom stereocenters. The lowest BCUT2D eigenvalue weighted by atomic mass is 9.94. The van der Waals surface area contributed by atoms with Crippen LogP contribution in [0, 0.1) is 5.92 Å². The summed E-state index contributed by atoms with van der Waals surface area (Å²) >= 11 is 0. The van der Waals surface area contributed by atoms with Crippen molar-refractivity contribution in [2.75, 3.05) is 31.6 Å². The molecule has 150 valence electrons. The number of likely N-dealkylation sites (tertiary alicyclic amines) is 1. The lowest BCUT2D eigenvalue weighted by Crippen LogP contribution is -2.52. The van der Waals surface area contributed by atoms with Crippen molar-refractivity contribution in [2.24, 2.45) is 13.0 Å². The van der Waals surface area contributed by atoms with Crippen molar-refractivity contribution in [2.45, 2.75) is 18.9 Å². The van der Waals surface area contributed by atoms with Gasteiger partial charge in [0.25, 0.3) is 0 Å². The normalized spacial score (nSPS) is 18.7. The van der Waals surface area contributed by atoms with E-state index in [4.69, 9.17) is 9.72 Å². The van der Waals surface area contributed by atoms with E-state index in [-0.39, 0.29) is 11.8 Å². The SMILES string of the molecule is Cn1cc(-c2ccc3cnc(NC(=O)C4CCN(C5COC5)CC4)cc3n2)cn1. The molecule has 1 amide bonds. The summed E-state index contributed by atoms with van der Waals surface area (Å²) in [5.74, 6) is 0.623. The van der Waals surface area contributed by atoms with Gasteiger partial charge in [-0.2, -0.15) is 5.10 Å². The molecule has 3 aromatic heterocycles. The number of hydrogen-bond donors (Lipinski definition) is 1. The first kappa shape index (κ1) is 18.2. The molecule has 29 heavy (non-hydrogen) atoms. The highest BCUT2D eigenvalue weighted by Crippen LogP contribution is 2.24. The number of carbonyl (C=O) groups is 1. The third-order valence-electron chi connectivity index (χ3n) is 5.86. The van der Waals surface area contributed by atoms with E-state index in [0.29, 0.717) is 11.9 Å². The Hall–Kier alpha value is -2.84. The fourth-order valence-electron chi connectivity index (χ4n) is 3.99. The molecule has 1 N–H and O–H groups in total. The summed E-state index contributed by atoms with van der Waals surface area (Å²) in [7, 11) is 1.88. The van der Waals surface area contributed by atoms with Crippen LogP contribution >= 0.6 is 0 Å². The number of hydrogen-bond acceptors (Lipinski definition) is 6. The van der Waals surface area contributed by atoms with E-state index < -0.39 is 0 Å². The highest BCUT2D eigenvalue weighted by molar-refractivity contribution is 5.93. The molecule has 0 radical (unpaired) electrons. The largest absolute Gasteiger partial charge is 0.378 e. The second kappa shape index (κ2) is 7.53. The zero-order valence-electron chi connectivity index (χ0n) is 16.4. The van der Waals surface area contributed by atoms with E-state index in [2.05, 4.69) is 20.3 Å². The fraction of sp³-hybridized carbons (Fsp3) is 0.429. The van der Waals surface area contributed by atoms with Crippen LogP contribution in [0.1, 0.15) is 12.8 Å².